The average molecular weight is 311 g/mol. The number of nitrogens with zero attached hydrogens (tertiary/aromatic N) is 2. The quantitative estimate of drug-likeness (QED) is 0.815. The highest BCUT2D eigenvalue weighted by Gasteiger charge is 2.16. The van der Waals surface area contributed by atoms with E-state index in [4.69, 9.17) is 16.7 Å². The number of halogens is 1. The van der Waals surface area contributed by atoms with Crippen LogP contribution in [0.4, 0.5) is 0 Å². The lowest BCUT2D eigenvalue weighted by Crippen LogP contribution is -2.33. The number of carbonyl (C=O) groups is 1. The van der Waals surface area contributed by atoms with E-state index in [1.807, 2.05) is 12.1 Å². The third-order valence-corrected chi connectivity index (χ3v) is 4.26. The van der Waals surface area contributed by atoms with Gasteiger partial charge in [-0.05, 0) is 31.6 Å². The first-order valence-corrected chi connectivity index (χ1v) is 7.92. The van der Waals surface area contributed by atoms with E-state index < -0.39 is 0 Å². The molecule has 0 atom stereocenters. The first kappa shape index (κ1) is 16.4. The van der Waals surface area contributed by atoms with Gasteiger partial charge in [-0.25, -0.2) is 0 Å². The van der Waals surface area contributed by atoms with Crippen LogP contribution in [0.2, 0.25) is 5.02 Å². The second-order valence-electron chi connectivity index (χ2n) is 5.41. The van der Waals surface area contributed by atoms with Gasteiger partial charge in [-0.1, -0.05) is 23.7 Å². The zero-order chi connectivity index (χ0) is 15.1. The molecular weight excluding hydrogens is 288 g/mol. The Morgan fingerprint density at radius 1 is 1.10 bits per heavy atom. The van der Waals surface area contributed by atoms with Gasteiger partial charge < -0.3 is 10.0 Å². The highest BCUT2D eigenvalue weighted by molar-refractivity contribution is 6.33. The van der Waals surface area contributed by atoms with Gasteiger partial charge in [0, 0.05) is 38.2 Å². The monoisotopic (exact) mass is 310 g/mol. The molecule has 0 saturated carbocycles. The van der Waals surface area contributed by atoms with Crippen molar-refractivity contribution in [1.29, 1.82) is 0 Å². The fourth-order valence-corrected chi connectivity index (χ4v) is 2.94. The van der Waals surface area contributed by atoms with E-state index in [0.29, 0.717) is 17.0 Å². The van der Waals surface area contributed by atoms with Gasteiger partial charge in [0.1, 0.15) is 0 Å². The minimum Gasteiger partial charge on any atom is -0.395 e. The fourth-order valence-electron chi connectivity index (χ4n) is 2.69. The molecule has 1 N–H and O–H groups in total. The predicted molar refractivity (Wildman–Crippen MR) is 85.0 cm³/mol. The van der Waals surface area contributed by atoms with Crippen molar-refractivity contribution in [2.75, 3.05) is 45.9 Å². The van der Waals surface area contributed by atoms with Crippen LogP contribution in [0.5, 0.6) is 0 Å². The minimum absolute atomic E-state index is 0.108. The molecule has 1 aromatic carbocycles. The number of carbonyl (C=O) groups excluding carboxylic acids is 1. The number of rotatable bonds is 6. The molecule has 1 aromatic rings. The average Bonchev–Trinajstić information content (AvgIpc) is 2.71. The molecule has 0 radical (unpaired) electrons. The number of benzene rings is 1. The SMILES string of the molecule is O=C(CCN1CCCN(CCO)CC1)c1ccccc1Cl. The summed E-state index contributed by atoms with van der Waals surface area (Å²) in [6.07, 6.45) is 1.59. The van der Waals surface area contributed by atoms with Crippen LogP contribution < -0.4 is 0 Å². The summed E-state index contributed by atoms with van der Waals surface area (Å²) in [5.74, 6) is 0.108. The molecular formula is C16H23ClN2O2. The maximum Gasteiger partial charge on any atom is 0.165 e. The van der Waals surface area contributed by atoms with Gasteiger partial charge in [0.05, 0.1) is 11.6 Å². The molecule has 2 rings (SSSR count). The van der Waals surface area contributed by atoms with E-state index in [2.05, 4.69) is 9.80 Å². The maximum atomic E-state index is 12.2. The second kappa shape index (κ2) is 8.49. The van der Waals surface area contributed by atoms with Gasteiger partial charge >= 0.3 is 0 Å². The predicted octanol–water partition coefficient (Wildman–Crippen LogP) is 1.91. The zero-order valence-electron chi connectivity index (χ0n) is 12.3. The van der Waals surface area contributed by atoms with Crippen molar-refractivity contribution in [1.82, 2.24) is 9.80 Å². The number of ketones is 1. The van der Waals surface area contributed by atoms with Crippen molar-refractivity contribution in [3.63, 3.8) is 0 Å². The third kappa shape index (κ3) is 5.08. The number of hydrogen-bond donors (Lipinski definition) is 1. The largest absolute Gasteiger partial charge is 0.395 e. The standard InChI is InChI=1S/C16H23ClN2O2/c17-15-5-2-1-4-14(15)16(21)6-9-18-7-3-8-19(11-10-18)12-13-20/h1-2,4-5,20H,3,6-13H2. The lowest BCUT2D eigenvalue weighted by Gasteiger charge is -2.20. The van der Waals surface area contributed by atoms with Crippen molar-refractivity contribution in [2.45, 2.75) is 12.8 Å². The highest BCUT2D eigenvalue weighted by atomic mass is 35.5. The summed E-state index contributed by atoms with van der Waals surface area (Å²) in [4.78, 5) is 16.8. The molecule has 0 aromatic heterocycles. The van der Waals surface area contributed by atoms with E-state index in [9.17, 15) is 4.79 Å². The molecule has 116 valence electrons. The van der Waals surface area contributed by atoms with Gasteiger partial charge in [-0.15, -0.1) is 0 Å². The summed E-state index contributed by atoms with van der Waals surface area (Å²) in [5, 5.41) is 9.53. The van der Waals surface area contributed by atoms with Crippen molar-refractivity contribution in [2.24, 2.45) is 0 Å². The molecule has 0 amide bonds. The van der Waals surface area contributed by atoms with Crippen LogP contribution in [-0.4, -0.2) is 66.6 Å². The molecule has 0 aliphatic carbocycles. The second-order valence-corrected chi connectivity index (χ2v) is 5.82. The van der Waals surface area contributed by atoms with E-state index in [-0.39, 0.29) is 12.4 Å². The molecule has 1 fully saturated rings. The molecule has 1 heterocycles. The number of aliphatic hydroxyl groups excluding tert-OH is 1. The van der Waals surface area contributed by atoms with Gasteiger partial charge in [0.2, 0.25) is 0 Å². The Kier molecular flexibility index (Phi) is 6.64. The molecule has 21 heavy (non-hydrogen) atoms. The summed E-state index contributed by atoms with van der Waals surface area (Å²) in [5.41, 5.74) is 0.621. The zero-order valence-corrected chi connectivity index (χ0v) is 13.1. The smallest absolute Gasteiger partial charge is 0.165 e. The minimum atomic E-state index is 0.108. The van der Waals surface area contributed by atoms with Crippen LogP contribution in [-0.2, 0) is 0 Å². The van der Waals surface area contributed by atoms with E-state index in [0.717, 1.165) is 45.7 Å². The van der Waals surface area contributed by atoms with Crippen LogP contribution in [0.15, 0.2) is 24.3 Å². The Balaban J connectivity index is 1.80. The van der Waals surface area contributed by atoms with Crippen LogP contribution in [0.3, 0.4) is 0 Å². The summed E-state index contributed by atoms with van der Waals surface area (Å²) >= 11 is 6.06. The molecule has 4 nitrogen and oxygen atoms in total. The van der Waals surface area contributed by atoms with Gasteiger partial charge in [0.15, 0.2) is 5.78 Å². The van der Waals surface area contributed by atoms with E-state index in [1.54, 1.807) is 12.1 Å². The normalized spacial score (nSPS) is 17.6. The summed E-state index contributed by atoms with van der Waals surface area (Å²) < 4.78 is 0. The van der Waals surface area contributed by atoms with Crippen molar-refractivity contribution < 1.29 is 9.90 Å². The lowest BCUT2D eigenvalue weighted by atomic mass is 10.1. The Bertz CT molecular complexity index is 467. The van der Waals surface area contributed by atoms with E-state index >= 15 is 0 Å². The topological polar surface area (TPSA) is 43.8 Å². The Hall–Kier alpha value is -0.940. The Morgan fingerprint density at radius 3 is 2.43 bits per heavy atom. The molecule has 1 saturated heterocycles. The van der Waals surface area contributed by atoms with E-state index in [1.165, 1.54) is 0 Å². The fraction of sp³-hybridized carbons (Fsp3) is 0.562. The first-order chi connectivity index (χ1) is 10.2. The van der Waals surface area contributed by atoms with Crippen LogP contribution >= 0.6 is 11.6 Å². The first-order valence-electron chi connectivity index (χ1n) is 7.54. The van der Waals surface area contributed by atoms with Gasteiger partial charge in [0.25, 0.3) is 0 Å². The summed E-state index contributed by atoms with van der Waals surface area (Å²) in [6, 6.07) is 7.23. The van der Waals surface area contributed by atoms with Crippen LogP contribution in [0.25, 0.3) is 0 Å². The number of hydrogen-bond acceptors (Lipinski definition) is 4. The Morgan fingerprint density at radius 2 is 1.76 bits per heavy atom. The molecule has 5 heteroatoms. The van der Waals surface area contributed by atoms with Crippen molar-refractivity contribution >= 4 is 17.4 Å². The van der Waals surface area contributed by atoms with Crippen LogP contribution in [0, 0.1) is 0 Å². The molecule has 0 bridgehead atoms. The summed E-state index contributed by atoms with van der Waals surface area (Å²) in [6.45, 7) is 5.68. The van der Waals surface area contributed by atoms with Gasteiger partial charge in [-0.2, -0.15) is 0 Å². The molecule has 1 aliphatic heterocycles. The Labute approximate surface area is 131 Å². The number of Topliss-reactive ketones (excluding diaryl/α,β-unsaturated/α-hetero) is 1. The van der Waals surface area contributed by atoms with Gasteiger partial charge in [-0.3, -0.25) is 9.69 Å². The molecule has 0 spiro atoms. The molecule has 0 unspecified atom stereocenters. The van der Waals surface area contributed by atoms with Crippen molar-refractivity contribution in [3.8, 4) is 0 Å². The summed E-state index contributed by atoms with van der Waals surface area (Å²) in [7, 11) is 0. The lowest BCUT2D eigenvalue weighted by molar-refractivity contribution is 0.0965. The number of β-amino-alcohol motifs (C(OH)–C–C–N with tert-alkyl or cyclic N) is 1. The van der Waals surface area contributed by atoms with Crippen LogP contribution in [0.1, 0.15) is 23.2 Å². The maximum absolute atomic E-state index is 12.2. The van der Waals surface area contributed by atoms with Crippen molar-refractivity contribution in [3.05, 3.63) is 34.9 Å². The number of aliphatic hydroxyl groups is 1. The molecule has 1 aliphatic rings. The highest BCUT2D eigenvalue weighted by Crippen LogP contribution is 2.17. The third-order valence-electron chi connectivity index (χ3n) is 3.93.